The van der Waals surface area contributed by atoms with E-state index in [0.717, 1.165) is 37.7 Å². The van der Waals surface area contributed by atoms with Gasteiger partial charge in [-0.15, -0.1) is 0 Å². The summed E-state index contributed by atoms with van der Waals surface area (Å²) in [5, 5.41) is 14.3. The van der Waals surface area contributed by atoms with Crippen LogP contribution >= 0.6 is 0 Å². The molecule has 1 amide bonds. The van der Waals surface area contributed by atoms with Crippen molar-refractivity contribution in [3.05, 3.63) is 36.2 Å². The number of benzene rings is 1. The van der Waals surface area contributed by atoms with Crippen LogP contribution in [0.5, 0.6) is 0 Å². The SMILES string of the molecule is NS(=O)(=O)c1ccc2cc1NCCCCNC(=O)O[C@H]1CC[C@H](C1)c1cnc(nc1)N2. The third-order valence-corrected chi connectivity index (χ3v) is 6.50. The number of nitrogens with zero attached hydrogens (tertiary/aromatic N) is 2. The summed E-state index contributed by atoms with van der Waals surface area (Å²) < 4.78 is 29.4. The first-order valence-corrected chi connectivity index (χ1v) is 11.9. The Balaban J connectivity index is 1.59. The zero-order valence-electron chi connectivity index (χ0n) is 17.0. The van der Waals surface area contributed by atoms with Crippen molar-refractivity contribution in [2.24, 2.45) is 5.14 Å². The normalized spacial score (nSPS) is 22.2. The zero-order chi connectivity index (χ0) is 21.8. The topological polar surface area (TPSA) is 148 Å². The molecular weight excluding hydrogens is 420 g/mol. The summed E-state index contributed by atoms with van der Waals surface area (Å²) >= 11 is 0. The molecule has 0 radical (unpaired) electrons. The third kappa shape index (κ3) is 5.42. The number of ether oxygens (including phenoxy) is 1. The quantitative estimate of drug-likeness (QED) is 0.522. The Morgan fingerprint density at radius 3 is 2.55 bits per heavy atom. The molecule has 11 heteroatoms. The van der Waals surface area contributed by atoms with Gasteiger partial charge in [0.05, 0.1) is 5.69 Å². The lowest BCUT2D eigenvalue weighted by Crippen LogP contribution is -2.29. The number of anilines is 3. The summed E-state index contributed by atoms with van der Waals surface area (Å²) in [6.07, 6.45) is 6.96. The maximum Gasteiger partial charge on any atom is 0.407 e. The van der Waals surface area contributed by atoms with Gasteiger partial charge in [0.2, 0.25) is 16.0 Å². The lowest BCUT2D eigenvalue weighted by molar-refractivity contribution is 0.100. The Kier molecular flexibility index (Phi) is 6.23. The monoisotopic (exact) mass is 446 g/mol. The van der Waals surface area contributed by atoms with Gasteiger partial charge in [-0.3, -0.25) is 0 Å². The minimum Gasteiger partial charge on any atom is -0.446 e. The molecule has 0 saturated heterocycles. The summed E-state index contributed by atoms with van der Waals surface area (Å²) in [7, 11) is -3.89. The molecule has 1 saturated carbocycles. The number of carbonyl (C=O) groups is 1. The van der Waals surface area contributed by atoms with E-state index in [4.69, 9.17) is 9.88 Å². The molecule has 0 spiro atoms. The lowest BCUT2D eigenvalue weighted by Gasteiger charge is -2.14. The molecule has 5 N–H and O–H groups in total. The van der Waals surface area contributed by atoms with Gasteiger partial charge in [0.15, 0.2) is 0 Å². The van der Waals surface area contributed by atoms with Crippen LogP contribution in [0.4, 0.5) is 22.1 Å². The van der Waals surface area contributed by atoms with Crippen LogP contribution in [-0.4, -0.2) is 43.7 Å². The second kappa shape index (κ2) is 9.06. The Morgan fingerprint density at radius 1 is 1.06 bits per heavy atom. The molecule has 1 fully saturated rings. The van der Waals surface area contributed by atoms with Crippen LogP contribution in [0.15, 0.2) is 35.5 Å². The number of rotatable bonds is 1. The van der Waals surface area contributed by atoms with E-state index in [1.807, 2.05) is 0 Å². The second-order valence-electron chi connectivity index (χ2n) is 7.82. The number of alkyl carbamates (subject to hydrolysis) is 1. The Hall–Kier alpha value is -2.92. The van der Waals surface area contributed by atoms with Crippen LogP contribution in [0.3, 0.4) is 0 Å². The molecule has 2 aliphatic heterocycles. The Bertz CT molecular complexity index is 1040. The van der Waals surface area contributed by atoms with Crippen LogP contribution in [-0.2, 0) is 14.8 Å². The van der Waals surface area contributed by atoms with Gasteiger partial charge in [-0.25, -0.2) is 28.3 Å². The molecule has 3 aliphatic rings. The number of nitrogens with one attached hydrogen (secondary N) is 3. The van der Waals surface area contributed by atoms with Gasteiger partial charge < -0.3 is 20.7 Å². The van der Waals surface area contributed by atoms with Crippen molar-refractivity contribution in [2.45, 2.75) is 49.0 Å². The molecule has 5 rings (SSSR count). The fourth-order valence-electron chi connectivity index (χ4n) is 3.94. The van der Waals surface area contributed by atoms with E-state index in [2.05, 4.69) is 25.9 Å². The van der Waals surface area contributed by atoms with E-state index in [1.165, 1.54) is 6.07 Å². The predicted molar refractivity (Wildman–Crippen MR) is 116 cm³/mol. The number of amides is 1. The van der Waals surface area contributed by atoms with E-state index in [9.17, 15) is 13.2 Å². The first-order valence-electron chi connectivity index (χ1n) is 10.3. The highest BCUT2D eigenvalue weighted by molar-refractivity contribution is 7.89. The molecule has 2 atom stereocenters. The summed E-state index contributed by atoms with van der Waals surface area (Å²) in [5.74, 6) is 0.653. The van der Waals surface area contributed by atoms with E-state index in [-0.39, 0.29) is 16.9 Å². The van der Waals surface area contributed by atoms with Crippen LogP contribution in [0, 0.1) is 0 Å². The van der Waals surface area contributed by atoms with E-state index >= 15 is 0 Å². The zero-order valence-corrected chi connectivity index (χ0v) is 17.8. The standard InChI is InChI=1S/C20H26N6O4S/c21-31(28,29)18-6-4-15-10-17(18)22-7-1-2-8-23-20(27)30-16-5-3-13(9-16)14-11-24-19(26-15)25-12-14/h4,6,10-13,16,22H,1-3,5,7-9H2,(H,23,27)(H2,21,28,29)(H,24,25,26)/t13-,16+/m1/s1. The molecule has 10 nitrogen and oxygen atoms in total. The number of primary sulfonamides is 1. The Morgan fingerprint density at radius 2 is 1.81 bits per heavy atom. The number of hydrogen-bond acceptors (Lipinski definition) is 8. The molecule has 6 bridgehead atoms. The van der Waals surface area contributed by atoms with Crippen molar-refractivity contribution >= 4 is 33.4 Å². The molecule has 1 aliphatic carbocycles. The first-order chi connectivity index (χ1) is 14.9. The van der Waals surface area contributed by atoms with Crippen LogP contribution in [0.25, 0.3) is 0 Å². The third-order valence-electron chi connectivity index (χ3n) is 5.53. The summed E-state index contributed by atoms with van der Waals surface area (Å²) in [4.78, 5) is 20.8. The van der Waals surface area contributed by atoms with Gasteiger partial charge in [-0.1, -0.05) is 0 Å². The molecule has 0 unspecified atom stereocenters. The minimum absolute atomic E-state index is 0.0120. The number of carbonyl (C=O) groups excluding carboxylic acids is 1. The number of aromatic nitrogens is 2. The fourth-order valence-corrected chi connectivity index (χ4v) is 4.64. The van der Waals surface area contributed by atoms with Crippen molar-refractivity contribution in [3.63, 3.8) is 0 Å². The van der Waals surface area contributed by atoms with E-state index < -0.39 is 16.1 Å². The highest BCUT2D eigenvalue weighted by Gasteiger charge is 2.29. The van der Waals surface area contributed by atoms with Crippen molar-refractivity contribution in [1.29, 1.82) is 0 Å². The smallest absolute Gasteiger partial charge is 0.407 e. The molecule has 166 valence electrons. The predicted octanol–water partition coefficient (Wildman–Crippen LogP) is 2.44. The average Bonchev–Trinajstić information content (AvgIpc) is 3.18. The first kappa shape index (κ1) is 21.3. The molecule has 1 aromatic carbocycles. The van der Waals surface area contributed by atoms with Crippen LogP contribution in [0.2, 0.25) is 0 Å². The molecule has 31 heavy (non-hydrogen) atoms. The highest BCUT2D eigenvalue weighted by Crippen LogP contribution is 2.35. The van der Waals surface area contributed by atoms with Gasteiger partial charge >= 0.3 is 6.09 Å². The van der Waals surface area contributed by atoms with Gasteiger partial charge in [0.25, 0.3) is 0 Å². The number of sulfonamides is 1. The molecule has 1 aromatic heterocycles. The largest absolute Gasteiger partial charge is 0.446 e. The van der Waals surface area contributed by atoms with Crippen molar-refractivity contribution in [3.8, 4) is 0 Å². The number of nitrogens with two attached hydrogens (primary N) is 1. The van der Waals surface area contributed by atoms with Crippen LogP contribution < -0.4 is 21.1 Å². The summed E-state index contributed by atoms with van der Waals surface area (Å²) in [6, 6.07) is 4.74. The van der Waals surface area contributed by atoms with Crippen molar-refractivity contribution < 1.29 is 17.9 Å². The number of fused-ring (bicyclic) bond motifs is 9. The maximum absolute atomic E-state index is 12.0. The lowest BCUT2D eigenvalue weighted by atomic mass is 10.0. The average molecular weight is 447 g/mol. The molecule has 2 aromatic rings. The molecular formula is C20H26N6O4S. The van der Waals surface area contributed by atoms with Crippen molar-refractivity contribution in [2.75, 3.05) is 23.7 Å². The van der Waals surface area contributed by atoms with E-state index in [1.54, 1.807) is 24.5 Å². The fraction of sp³-hybridized carbons (Fsp3) is 0.450. The Labute approximate surface area is 181 Å². The van der Waals surface area contributed by atoms with Gasteiger partial charge in [-0.05, 0) is 61.8 Å². The van der Waals surface area contributed by atoms with E-state index in [0.29, 0.717) is 30.4 Å². The maximum atomic E-state index is 12.0. The number of hydrogen-bond donors (Lipinski definition) is 4. The highest BCUT2D eigenvalue weighted by atomic mass is 32.2. The van der Waals surface area contributed by atoms with Crippen LogP contribution in [0.1, 0.15) is 43.6 Å². The second-order valence-corrected chi connectivity index (χ2v) is 9.35. The minimum atomic E-state index is -3.89. The summed E-state index contributed by atoms with van der Waals surface area (Å²) in [5.41, 5.74) is 2.04. The van der Waals surface area contributed by atoms with Gasteiger partial charge in [-0.2, -0.15) is 0 Å². The molecule has 3 heterocycles. The van der Waals surface area contributed by atoms with Gasteiger partial charge in [0, 0.05) is 31.2 Å². The van der Waals surface area contributed by atoms with Gasteiger partial charge in [0.1, 0.15) is 11.0 Å². The van der Waals surface area contributed by atoms with Crippen molar-refractivity contribution in [1.82, 2.24) is 15.3 Å². The summed E-state index contributed by atoms with van der Waals surface area (Å²) in [6.45, 7) is 0.994.